The Morgan fingerprint density at radius 3 is 2.00 bits per heavy atom. The van der Waals surface area contributed by atoms with E-state index in [0.717, 1.165) is 0 Å². The first kappa shape index (κ1) is 19.3. The Hall–Kier alpha value is -2.08. The number of carboxylic acids is 3. The van der Waals surface area contributed by atoms with Crippen LogP contribution in [-0.2, 0) is 35.5 Å². The molecule has 0 saturated carbocycles. The summed E-state index contributed by atoms with van der Waals surface area (Å²) in [6.07, 6.45) is -0.236. The molecule has 0 saturated heterocycles. The van der Waals surface area contributed by atoms with Crippen molar-refractivity contribution < 1.29 is 49.2 Å². The van der Waals surface area contributed by atoms with E-state index in [1.807, 2.05) is 0 Å². The van der Waals surface area contributed by atoms with Crippen LogP contribution in [0.3, 0.4) is 0 Å². The topological polar surface area (TPSA) is 136 Å². The third-order valence-electron chi connectivity index (χ3n) is 1.67. The van der Waals surface area contributed by atoms with Crippen molar-refractivity contribution in [2.45, 2.75) is 6.42 Å². The fourth-order valence-corrected chi connectivity index (χ4v) is 1.05. The molecule has 1 aromatic carbocycles. The van der Waals surface area contributed by atoms with Crippen LogP contribution in [0.15, 0.2) is 18.2 Å². The van der Waals surface area contributed by atoms with Gasteiger partial charge < -0.3 is 21.1 Å². The van der Waals surface area contributed by atoms with Crippen LogP contribution < -0.4 is 0 Å². The predicted octanol–water partition coefficient (Wildman–Crippen LogP) is 1.60. The zero-order valence-corrected chi connectivity index (χ0v) is 12.9. The summed E-state index contributed by atoms with van der Waals surface area (Å²) in [4.78, 5) is 29.8. The molecule has 0 radical (unpaired) electrons. The van der Waals surface area contributed by atoms with Crippen LogP contribution in [0.4, 0.5) is 5.69 Å². The van der Waals surface area contributed by atoms with E-state index in [1.54, 1.807) is 0 Å². The molecule has 98 valence electrons. The van der Waals surface area contributed by atoms with E-state index in [9.17, 15) is 9.59 Å². The summed E-state index contributed by atoms with van der Waals surface area (Å²) in [6.45, 7) is 2.56. The first-order chi connectivity index (χ1) is 8.23. The number of rotatable bonds is 3. The van der Waals surface area contributed by atoms with Crippen molar-refractivity contribution in [3.05, 3.63) is 42.0 Å². The van der Waals surface area contributed by atoms with Gasteiger partial charge >= 0.3 is 31.4 Å². The number of nitrogens with one attached hydrogen (secondary N) is 1. The average molecular weight is 319 g/mol. The molecule has 0 bridgehead atoms. The summed E-state index contributed by atoms with van der Waals surface area (Å²) in [5.74, 6) is -3.33. The first-order valence-electron chi connectivity index (χ1n) is 4.58. The minimum absolute atomic E-state index is 0. The van der Waals surface area contributed by atoms with Crippen molar-refractivity contribution in [2.75, 3.05) is 0 Å². The molecule has 8 heteroatoms. The number of carbonyl (C=O) groups is 3. The predicted molar refractivity (Wildman–Crippen MR) is 61.7 cm³/mol. The Labute approximate surface area is 121 Å². The SMILES string of the molecule is [CH2-]C(=O)O.[NH-]c1ccc(CC(=O)O)cc1C(=O)O.[Zn+2]. The Balaban J connectivity index is 0. The van der Waals surface area contributed by atoms with Crippen LogP contribution in [0, 0.1) is 6.92 Å². The van der Waals surface area contributed by atoms with Crippen molar-refractivity contribution in [1.29, 1.82) is 0 Å². The molecule has 0 aliphatic heterocycles. The molecule has 0 aliphatic rings. The minimum Gasteiger partial charge on any atom is -0.698 e. The summed E-state index contributed by atoms with van der Waals surface area (Å²) >= 11 is 0. The van der Waals surface area contributed by atoms with Gasteiger partial charge in [0.25, 0.3) is 0 Å². The van der Waals surface area contributed by atoms with Gasteiger partial charge in [0.15, 0.2) is 5.97 Å². The van der Waals surface area contributed by atoms with Gasteiger partial charge in [-0.3, -0.25) is 16.5 Å². The zero-order valence-electron chi connectivity index (χ0n) is 9.92. The molecule has 1 rings (SSSR count). The van der Waals surface area contributed by atoms with Crippen molar-refractivity contribution in [3.63, 3.8) is 0 Å². The molecule has 7 nitrogen and oxygen atoms in total. The third-order valence-corrected chi connectivity index (χ3v) is 1.67. The molecular weight excluding hydrogens is 308 g/mol. The second-order valence-corrected chi connectivity index (χ2v) is 3.15. The molecule has 0 fully saturated rings. The van der Waals surface area contributed by atoms with E-state index in [-0.39, 0.29) is 37.1 Å². The summed E-state index contributed by atoms with van der Waals surface area (Å²) in [7, 11) is 0. The van der Waals surface area contributed by atoms with Crippen LogP contribution in [0.2, 0.25) is 0 Å². The van der Waals surface area contributed by atoms with Gasteiger partial charge in [0.2, 0.25) is 0 Å². The van der Waals surface area contributed by atoms with E-state index in [1.165, 1.54) is 18.2 Å². The van der Waals surface area contributed by atoms with E-state index in [2.05, 4.69) is 6.92 Å². The molecule has 0 atom stereocenters. The molecule has 0 aromatic heterocycles. The van der Waals surface area contributed by atoms with Crippen molar-refractivity contribution in [3.8, 4) is 0 Å². The van der Waals surface area contributed by atoms with E-state index >= 15 is 0 Å². The average Bonchev–Trinajstić information content (AvgIpc) is 2.19. The van der Waals surface area contributed by atoms with Crippen LogP contribution in [-0.4, -0.2) is 33.2 Å². The first-order valence-corrected chi connectivity index (χ1v) is 4.58. The summed E-state index contributed by atoms with van der Waals surface area (Å²) in [6, 6.07) is 3.92. The smallest absolute Gasteiger partial charge is 0.698 e. The van der Waals surface area contributed by atoms with Gasteiger partial charge in [-0.05, 0) is 11.6 Å². The number of hydrogen-bond donors (Lipinski definition) is 3. The Bertz CT molecular complexity index is 470. The quantitative estimate of drug-likeness (QED) is 0.572. The number of aliphatic carboxylic acids is 2. The molecule has 4 N–H and O–H groups in total. The monoisotopic (exact) mass is 317 g/mol. The molecule has 19 heavy (non-hydrogen) atoms. The van der Waals surface area contributed by atoms with Gasteiger partial charge in [0, 0.05) is 5.56 Å². The number of hydrogen-bond acceptors (Lipinski definition) is 3. The molecule has 0 unspecified atom stereocenters. The minimum atomic E-state index is -1.22. The zero-order chi connectivity index (χ0) is 14.3. The maximum absolute atomic E-state index is 10.6. The Morgan fingerprint density at radius 1 is 1.16 bits per heavy atom. The maximum Gasteiger partial charge on any atom is 2.00 e. The molecule has 0 spiro atoms. The second-order valence-electron chi connectivity index (χ2n) is 3.15. The Kier molecular flexibility index (Phi) is 9.06. The number of benzene rings is 1. The normalized spacial score (nSPS) is 8.42. The fourth-order valence-electron chi connectivity index (χ4n) is 1.05. The summed E-state index contributed by atoms with van der Waals surface area (Å²) in [5, 5.41) is 24.4. The van der Waals surface area contributed by atoms with Crippen molar-refractivity contribution >= 4 is 23.6 Å². The molecule has 1 aromatic rings. The van der Waals surface area contributed by atoms with Gasteiger partial charge in [-0.15, -0.1) is 5.69 Å². The van der Waals surface area contributed by atoms with E-state index < -0.39 is 17.9 Å². The van der Waals surface area contributed by atoms with Crippen molar-refractivity contribution in [2.24, 2.45) is 0 Å². The van der Waals surface area contributed by atoms with Crippen LogP contribution in [0.5, 0.6) is 0 Å². The van der Waals surface area contributed by atoms with Gasteiger partial charge in [-0.25, -0.2) is 4.79 Å². The third kappa shape index (κ3) is 8.62. The van der Waals surface area contributed by atoms with Crippen LogP contribution in [0.1, 0.15) is 15.9 Å². The van der Waals surface area contributed by atoms with Crippen LogP contribution >= 0.6 is 0 Å². The summed E-state index contributed by atoms with van der Waals surface area (Å²) < 4.78 is 0. The van der Waals surface area contributed by atoms with Gasteiger partial charge in [-0.2, -0.15) is 0 Å². The Morgan fingerprint density at radius 2 is 1.63 bits per heavy atom. The van der Waals surface area contributed by atoms with Gasteiger partial charge in [-0.1, -0.05) is 12.1 Å². The molecule has 0 aliphatic carbocycles. The summed E-state index contributed by atoms with van der Waals surface area (Å²) in [5.41, 5.74) is 7.34. The second kappa shape index (κ2) is 8.93. The molecular formula is C11H11NO6Zn. The fraction of sp³-hybridized carbons (Fsp3) is 0.0909. The standard InChI is InChI=1S/C9H8NO4.C2H3O2.Zn/c10-7-2-1-5(4-8(11)12)3-6(7)9(13)14;1-2(3)4;/h1-3,10H,4H2,(H,11,12)(H,13,14);1H2,(H,3,4);/q2*-1;+2. The molecule has 0 amide bonds. The largest absolute Gasteiger partial charge is 2.00 e. The van der Waals surface area contributed by atoms with E-state index in [0.29, 0.717) is 5.56 Å². The van der Waals surface area contributed by atoms with Crippen LogP contribution in [0.25, 0.3) is 5.73 Å². The number of carboxylic acid groups (broad SMARTS) is 3. The van der Waals surface area contributed by atoms with Gasteiger partial charge in [0.05, 0.1) is 6.42 Å². The van der Waals surface area contributed by atoms with Crippen molar-refractivity contribution in [1.82, 2.24) is 0 Å². The van der Waals surface area contributed by atoms with E-state index in [4.69, 9.17) is 25.8 Å². The maximum atomic E-state index is 10.6. The van der Waals surface area contributed by atoms with Gasteiger partial charge in [0.1, 0.15) is 0 Å². The number of aromatic carboxylic acids is 1. The molecule has 0 heterocycles.